The molecule has 192 valence electrons. The number of Topliss-reactive ketones (excluding diaryl/α,β-unsaturated/α-hetero) is 1. The summed E-state index contributed by atoms with van der Waals surface area (Å²) in [7, 11) is 0. The molecule has 38 heavy (non-hydrogen) atoms. The molecule has 0 aliphatic carbocycles. The smallest absolute Gasteiger partial charge is 0.269 e. The number of amides is 1. The summed E-state index contributed by atoms with van der Waals surface area (Å²) in [4.78, 5) is 40.8. The van der Waals surface area contributed by atoms with Crippen LogP contribution < -0.4 is 10.6 Å². The maximum absolute atomic E-state index is 14.2. The second-order valence-corrected chi connectivity index (χ2v) is 9.74. The first-order chi connectivity index (χ1) is 18.3. The number of benzene rings is 3. The zero-order valence-electron chi connectivity index (χ0n) is 20.2. The number of hydrogen-bond acceptors (Lipinski definition) is 6. The average molecular weight is 549 g/mol. The van der Waals surface area contributed by atoms with E-state index in [2.05, 4.69) is 10.6 Å². The molecule has 1 unspecified atom stereocenters. The maximum Gasteiger partial charge on any atom is 0.269 e. The molecule has 3 aromatic carbocycles. The molecule has 2 aliphatic rings. The van der Waals surface area contributed by atoms with Gasteiger partial charge in [0.25, 0.3) is 11.6 Å². The third kappa shape index (κ3) is 4.64. The highest BCUT2D eigenvalue weighted by atomic mass is 35.5. The lowest BCUT2D eigenvalue weighted by Gasteiger charge is -2.35. The zero-order chi connectivity index (χ0) is 27.0. The highest BCUT2D eigenvalue weighted by molar-refractivity contribution is 6.37. The molecule has 5 rings (SSSR count). The topological polar surface area (TPSA) is 105 Å². The van der Waals surface area contributed by atoms with Gasteiger partial charge in [-0.1, -0.05) is 53.5 Å². The molecule has 3 aromatic rings. The molecule has 0 aromatic heterocycles. The van der Waals surface area contributed by atoms with Gasteiger partial charge in [0, 0.05) is 58.7 Å². The van der Waals surface area contributed by atoms with Crippen molar-refractivity contribution >= 4 is 46.3 Å². The van der Waals surface area contributed by atoms with Crippen LogP contribution in [0.5, 0.6) is 0 Å². The highest BCUT2D eigenvalue weighted by Gasteiger charge is 2.42. The molecule has 1 fully saturated rings. The number of nitrogens with one attached hydrogen (secondary N) is 2. The number of para-hydroxylation sites is 1. The Morgan fingerprint density at radius 3 is 2.42 bits per heavy atom. The quantitative estimate of drug-likeness (QED) is 0.225. The summed E-state index contributed by atoms with van der Waals surface area (Å²) in [5.74, 6) is -1.04. The lowest BCUT2D eigenvalue weighted by Crippen LogP contribution is -2.36. The van der Waals surface area contributed by atoms with E-state index in [1.165, 1.54) is 18.2 Å². The van der Waals surface area contributed by atoms with Crippen molar-refractivity contribution in [2.24, 2.45) is 0 Å². The number of fused-ring (bicyclic) bond motifs is 1. The monoisotopic (exact) mass is 548 g/mol. The van der Waals surface area contributed by atoms with E-state index >= 15 is 0 Å². The number of allylic oxidation sites excluding steroid dienone is 2. The van der Waals surface area contributed by atoms with Crippen LogP contribution in [-0.2, 0) is 4.79 Å². The SMILES string of the molecule is CC1=C(C(=O)Nc2ccccc2)C(c2ccc([N+](=O)[O-])cc2)C(C(=O)c2cc(Cl)ccc2Cl)=C2NCCN12. The number of carbonyl (C=O) groups is 2. The van der Waals surface area contributed by atoms with Crippen LogP contribution >= 0.6 is 23.2 Å². The molecule has 0 saturated carbocycles. The molecule has 2 aliphatic heterocycles. The Morgan fingerprint density at radius 1 is 1.03 bits per heavy atom. The second kappa shape index (κ2) is 10.3. The number of nitro groups is 1. The lowest BCUT2D eigenvalue weighted by atomic mass is 9.77. The molecule has 2 heterocycles. The van der Waals surface area contributed by atoms with E-state index in [-0.39, 0.29) is 22.2 Å². The average Bonchev–Trinajstić information content (AvgIpc) is 3.40. The predicted molar refractivity (Wildman–Crippen MR) is 146 cm³/mol. The lowest BCUT2D eigenvalue weighted by molar-refractivity contribution is -0.384. The van der Waals surface area contributed by atoms with Gasteiger partial charge in [-0.2, -0.15) is 0 Å². The van der Waals surface area contributed by atoms with Crippen LogP contribution in [0.2, 0.25) is 10.0 Å². The number of non-ortho nitro benzene ring substituents is 1. The third-order valence-corrected chi connectivity index (χ3v) is 7.22. The van der Waals surface area contributed by atoms with Gasteiger partial charge in [0.15, 0.2) is 5.78 Å². The number of halogens is 2. The number of anilines is 1. The Balaban J connectivity index is 1.70. The van der Waals surface area contributed by atoms with Crippen LogP contribution in [0.4, 0.5) is 11.4 Å². The van der Waals surface area contributed by atoms with Crippen molar-refractivity contribution in [2.75, 3.05) is 18.4 Å². The van der Waals surface area contributed by atoms with Gasteiger partial charge in [0.1, 0.15) is 5.82 Å². The van der Waals surface area contributed by atoms with Crippen molar-refractivity contribution in [3.63, 3.8) is 0 Å². The minimum atomic E-state index is -0.834. The molecule has 10 heteroatoms. The summed E-state index contributed by atoms with van der Waals surface area (Å²) < 4.78 is 0. The van der Waals surface area contributed by atoms with Crippen LogP contribution in [0.3, 0.4) is 0 Å². The summed E-state index contributed by atoms with van der Waals surface area (Å²) in [6, 6.07) is 19.5. The summed E-state index contributed by atoms with van der Waals surface area (Å²) in [6.07, 6.45) is 0. The van der Waals surface area contributed by atoms with Crippen molar-refractivity contribution in [2.45, 2.75) is 12.8 Å². The molecule has 0 spiro atoms. The van der Waals surface area contributed by atoms with Crippen LogP contribution in [0.25, 0.3) is 0 Å². The largest absolute Gasteiger partial charge is 0.369 e. The summed E-state index contributed by atoms with van der Waals surface area (Å²) in [6.45, 7) is 2.95. The number of nitro benzene ring substituents is 1. The molecule has 0 bridgehead atoms. The van der Waals surface area contributed by atoms with Gasteiger partial charge in [-0.05, 0) is 42.8 Å². The van der Waals surface area contributed by atoms with Crippen LogP contribution in [0, 0.1) is 10.1 Å². The first-order valence-electron chi connectivity index (χ1n) is 11.8. The van der Waals surface area contributed by atoms with E-state index in [0.717, 1.165) is 0 Å². The fourth-order valence-corrected chi connectivity index (χ4v) is 5.27. The molecular formula is C28H22Cl2N4O4. The second-order valence-electron chi connectivity index (χ2n) is 8.89. The minimum absolute atomic E-state index is 0.0976. The van der Waals surface area contributed by atoms with E-state index in [1.54, 1.807) is 36.4 Å². The van der Waals surface area contributed by atoms with Crippen molar-refractivity contribution in [1.29, 1.82) is 0 Å². The molecular weight excluding hydrogens is 527 g/mol. The van der Waals surface area contributed by atoms with Gasteiger partial charge in [-0.25, -0.2) is 0 Å². The van der Waals surface area contributed by atoms with E-state index in [9.17, 15) is 19.7 Å². The Labute approximate surface area is 228 Å². The fraction of sp³-hybridized carbons (Fsp3) is 0.143. The van der Waals surface area contributed by atoms with Crippen molar-refractivity contribution in [3.05, 3.63) is 127 Å². The van der Waals surface area contributed by atoms with Crippen molar-refractivity contribution in [3.8, 4) is 0 Å². The van der Waals surface area contributed by atoms with E-state index < -0.39 is 16.6 Å². The summed E-state index contributed by atoms with van der Waals surface area (Å²) in [5, 5.41) is 18.1. The third-order valence-electron chi connectivity index (χ3n) is 6.66. The number of carbonyl (C=O) groups excluding carboxylic acids is 2. The summed E-state index contributed by atoms with van der Waals surface area (Å²) in [5.41, 5.74) is 2.59. The Hall–Kier alpha value is -4.14. The molecule has 1 atom stereocenters. The first kappa shape index (κ1) is 25.5. The fourth-order valence-electron chi connectivity index (χ4n) is 4.90. The molecule has 2 N–H and O–H groups in total. The predicted octanol–water partition coefficient (Wildman–Crippen LogP) is 5.91. The van der Waals surface area contributed by atoms with E-state index in [4.69, 9.17) is 23.2 Å². The van der Waals surface area contributed by atoms with Gasteiger partial charge in [-0.15, -0.1) is 0 Å². The maximum atomic E-state index is 14.2. The van der Waals surface area contributed by atoms with Crippen molar-refractivity contribution in [1.82, 2.24) is 10.2 Å². The van der Waals surface area contributed by atoms with Crippen LogP contribution in [0.15, 0.2) is 95.5 Å². The zero-order valence-corrected chi connectivity index (χ0v) is 21.7. The highest BCUT2D eigenvalue weighted by Crippen LogP contribution is 2.45. The Kier molecular flexibility index (Phi) is 6.93. The van der Waals surface area contributed by atoms with Gasteiger partial charge < -0.3 is 15.5 Å². The van der Waals surface area contributed by atoms with E-state index in [1.807, 2.05) is 30.0 Å². The van der Waals surface area contributed by atoms with Crippen LogP contribution in [0.1, 0.15) is 28.8 Å². The number of hydrogen-bond donors (Lipinski definition) is 2. The molecule has 0 radical (unpaired) electrons. The van der Waals surface area contributed by atoms with Gasteiger partial charge >= 0.3 is 0 Å². The van der Waals surface area contributed by atoms with Crippen LogP contribution in [-0.4, -0.2) is 34.6 Å². The Morgan fingerprint density at radius 2 is 1.74 bits per heavy atom. The van der Waals surface area contributed by atoms with E-state index in [0.29, 0.717) is 52.0 Å². The minimum Gasteiger partial charge on any atom is -0.369 e. The number of ketones is 1. The Bertz CT molecular complexity index is 1520. The molecule has 1 amide bonds. The number of nitrogens with zero attached hydrogens (tertiary/aromatic N) is 2. The number of rotatable bonds is 6. The normalized spacial score (nSPS) is 16.7. The van der Waals surface area contributed by atoms with Crippen molar-refractivity contribution < 1.29 is 14.5 Å². The van der Waals surface area contributed by atoms with Gasteiger partial charge in [0.2, 0.25) is 0 Å². The molecule has 8 nitrogen and oxygen atoms in total. The molecule has 1 saturated heterocycles. The standard InChI is InChI=1S/C28H22Cl2N4O4/c1-16-23(28(36)32-19-5-3-2-4-6-19)24(17-7-10-20(11-8-17)34(37)38)25(27-31-13-14-33(16)27)26(35)21-15-18(29)9-12-22(21)30/h2-12,15,24,31H,13-14H2,1H3,(H,32,36). The van der Waals surface area contributed by atoms with Gasteiger partial charge in [0.05, 0.1) is 15.5 Å². The first-order valence-corrected chi connectivity index (χ1v) is 12.6. The summed E-state index contributed by atoms with van der Waals surface area (Å²) >= 11 is 12.6. The van der Waals surface area contributed by atoms with Gasteiger partial charge in [-0.3, -0.25) is 19.7 Å².